The van der Waals surface area contributed by atoms with Gasteiger partial charge < -0.3 is 24.0 Å². The molecule has 6 heterocycles. The van der Waals surface area contributed by atoms with Gasteiger partial charge in [-0.3, -0.25) is 0 Å². The molecule has 10 rings (SSSR count). The first-order chi connectivity index (χ1) is 22.5. The summed E-state index contributed by atoms with van der Waals surface area (Å²) in [5.41, 5.74) is 10.9. The molecular weight excluding hydrogens is 568 g/mol. The Balaban J connectivity index is 1.23. The van der Waals surface area contributed by atoms with Crippen molar-refractivity contribution in [2.75, 3.05) is 28.8 Å². The van der Waals surface area contributed by atoms with Gasteiger partial charge in [0.25, 0.3) is 0 Å². The fraction of sp³-hybridized carbons (Fsp3) is 0.179. The summed E-state index contributed by atoms with van der Waals surface area (Å²) in [5.74, 6) is 1.81. The molecule has 4 atom stereocenters. The monoisotopic (exact) mass is 600 g/mol. The van der Waals surface area contributed by atoms with Crippen molar-refractivity contribution in [2.45, 2.75) is 25.2 Å². The standard InChI is InChI=1S/C39H32N6O/c1-22-11-5-6-12-24(22)36-40-21-30-37(41-36)43(4)39-33-32(23(2)25-13-7-9-15-29(25)45(30)39)28-18-17-27-26-14-8-10-16-31(26)46-35(27)34(28)44-20-19-42(3)38(33)44/h5-21,32-33,38-39H,2H2,1,3-4H3. The lowest BCUT2D eigenvalue weighted by molar-refractivity contribution is 0.204. The molecule has 7 heteroatoms. The van der Waals surface area contributed by atoms with Crippen molar-refractivity contribution in [3.63, 3.8) is 0 Å². The van der Waals surface area contributed by atoms with E-state index in [0.717, 1.165) is 72.9 Å². The number of aromatic nitrogens is 2. The van der Waals surface area contributed by atoms with Crippen LogP contribution in [0, 0.1) is 12.8 Å². The van der Waals surface area contributed by atoms with E-state index >= 15 is 0 Å². The van der Waals surface area contributed by atoms with E-state index in [0.29, 0.717) is 0 Å². The van der Waals surface area contributed by atoms with Gasteiger partial charge in [0.15, 0.2) is 17.2 Å². The van der Waals surface area contributed by atoms with E-state index in [-0.39, 0.29) is 24.2 Å². The van der Waals surface area contributed by atoms with Crippen LogP contribution in [0.5, 0.6) is 0 Å². The maximum absolute atomic E-state index is 6.67. The lowest BCUT2D eigenvalue weighted by Crippen LogP contribution is -2.58. The summed E-state index contributed by atoms with van der Waals surface area (Å²) in [5, 5.41) is 2.28. The molecule has 0 spiro atoms. The van der Waals surface area contributed by atoms with Gasteiger partial charge in [0.2, 0.25) is 0 Å². The molecule has 0 radical (unpaired) electrons. The second-order valence-corrected chi connectivity index (χ2v) is 13.0. The van der Waals surface area contributed by atoms with Crippen LogP contribution in [0.1, 0.15) is 22.6 Å². The summed E-state index contributed by atoms with van der Waals surface area (Å²) in [4.78, 5) is 19.8. The fourth-order valence-electron chi connectivity index (χ4n) is 8.66. The number of hydrogen-bond donors (Lipinski definition) is 0. The molecule has 0 saturated heterocycles. The Kier molecular flexibility index (Phi) is 5.04. The molecule has 0 N–H and O–H groups in total. The number of allylic oxidation sites excluding steroid dienone is 1. The van der Waals surface area contributed by atoms with Gasteiger partial charge in [-0.25, -0.2) is 9.97 Å². The largest absolute Gasteiger partial charge is 0.454 e. The van der Waals surface area contributed by atoms with Gasteiger partial charge in [0.05, 0.1) is 17.6 Å². The van der Waals surface area contributed by atoms with E-state index in [1.165, 1.54) is 5.56 Å². The minimum atomic E-state index is -0.0452. The minimum Gasteiger partial charge on any atom is -0.454 e. The first-order valence-electron chi connectivity index (χ1n) is 15.9. The third-order valence-corrected chi connectivity index (χ3v) is 10.7. The number of hydrogen-bond acceptors (Lipinski definition) is 7. The molecule has 4 aliphatic rings. The van der Waals surface area contributed by atoms with Gasteiger partial charge >= 0.3 is 0 Å². The summed E-state index contributed by atoms with van der Waals surface area (Å²) >= 11 is 0. The zero-order valence-corrected chi connectivity index (χ0v) is 25.9. The van der Waals surface area contributed by atoms with Gasteiger partial charge in [0, 0.05) is 60.2 Å². The molecule has 0 saturated carbocycles. The zero-order valence-electron chi connectivity index (χ0n) is 25.9. The average Bonchev–Trinajstić information content (AvgIpc) is 3.72. The Hall–Kier alpha value is -5.56. The number of nitrogens with zero attached hydrogens (tertiary/aromatic N) is 6. The summed E-state index contributed by atoms with van der Waals surface area (Å²) < 4.78 is 6.67. The fourth-order valence-corrected chi connectivity index (χ4v) is 8.66. The second kappa shape index (κ2) is 9.01. The Morgan fingerprint density at radius 1 is 0.783 bits per heavy atom. The minimum absolute atomic E-state index is 0.0212. The number of aryl methyl sites for hydroxylation is 1. The molecule has 0 fully saturated rings. The number of benzene rings is 4. The predicted molar refractivity (Wildman–Crippen MR) is 185 cm³/mol. The Labute approximate surface area is 267 Å². The average molecular weight is 601 g/mol. The number of rotatable bonds is 1. The van der Waals surface area contributed by atoms with Crippen LogP contribution in [0.4, 0.5) is 22.9 Å². The molecule has 4 aliphatic heterocycles. The van der Waals surface area contributed by atoms with Crippen LogP contribution in [-0.4, -0.2) is 41.3 Å². The molecular formula is C39H32N6O. The van der Waals surface area contributed by atoms with Crippen LogP contribution in [0.2, 0.25) is 0 Å². The summed E-state index contributed by atoms with van der Waals surface area (Å²) in [6.45, 7) is 6.98. The Morgan fingerprint density at radius 3 is 2.43 bits per heavy atom. The van der Waals surface area contributed by atoms with Crippen molar-refractivity contribution in [1.82, 2.24) is 14.9 Å². The maximum Gasteiger partial charge on any atom is 0.161 e. The Bertz CT molecular complexity index is 2300. The molecule has 6 aromatic rings. The quantitative estimate of drug-likeness (QED) is 0.188. The maximum atomic E-state index is 6.67. The topological polar surface area (TPSA) is 51.9 Å². The van der Waals surface area contributed by atoms with Gasteiger partial charge in [-0.05, 0) is 35.8 Å². The first kappa shape index (κ1) is 25.7. The highest BCUT2D eigenvalue weighted by Gasteiger charge is 2.56. The lowest BCUT2D eigenvalue weighted by Gasteiger charge is -2.50. The number of para-hydroxylation sites is 2. The molecule has 0 bridgehead atoms. The van der Waals surface area contributed by atoms with E-state index in [1.54, 1.807) is 0 Å². The van der Waals surface area contributed by atoms with Crippen LogP contribution in [0.3, 0.4) is 0 Å². The molecule has 0 aliphatic carbocycles. The number of fused-ring (bicyclic) bond motifs is 16. The van der Waals surface area contributed by atoms with Crippen LogP contribution in [-0.2, 0) is 0 Å². The van der Waals surface area contributed by atoms with Crippen LogP contribution < -0.4 is 14.7 Å². The van der Waals surface area contributed by atoms with Crippen molar-refractivity contribution in [2.24, 2.45) is 5.92 Å². The second-order valence-electron chi connectivity index (χ2n) is 13.0. The van der Waals surface area contributed by atoms with E-state index < -0.39 is 0 Å². The molecule has 7 nitrogen and oxygen atoms in total. The van der Waals surface area contributed by atoms with Crippen LogP contribution in [0.15, 0.2) is 115 Å². The van der Waals surface area contributed by atoms with E-state index in [4.69, 9.17) is 21.0 Å². The first-order valence-corrected chi connectivity index (χ1v) is 15.9. The summed E-state index contributed by atoms with van der Waals surface area (Å²) in [6, 6.07) is 29.9. The molecule has 224 valence electrons. The highest BCUT2D eigenvalue weighted by Crippen LogP contribution is 2.60. The smallest absolute Gasteiger partial charge is 0.161 e. The van der Waals surface area contributed by atoms with E-state index in [2.05, 4.69) is 132 Å². The van der Waals surface area contributed by atoms with Gasteiger partial charge in [-0.2, -0.15) is 0 Å². The lowest BCUT2D eigenvalue weighted by atomic mass is 9.72. The number of anilines is 4. The summed E-state index contributed by atoms with van der Waals surface area (Å²) in [6.07, 6.45) is 6.41. The highest BCUT2D eigenvalue weighted by molar-refractivity contribution is 6.10. The highest BCUT2D eigenvalue weighted by atomic mass is 16.3. The van der Waals surface area contributed by atoms with Crippen molar-refractivity contribution in [3.05, 3.63) is 127 Å². The normalized spacial score (nSPS) is 22.5. The molecule has 4 aromatic carbocycles. The van der Waals surface area contributed by atoms with E-state index in [1.807, 2.05) is 12.3 Å². The molecule has 2 aromatic heterocycles. The van der Waals surface area contributed by atoms with Gasteiger partial charge in [-0.15, -0.1) is 0 Å². The van der Waals surface area contributed by atoms with Gasteiger partial charge in [0.1, 0.15) is 23.6 Å². The number of furan rings is 1. The summed E-state index contributed by atoms with van der Waals surface area (Å²) in [7, 11) is 4.38. The molecule has 0 amide bonds. The predicted octanol–water partition coefficient (Wildman–Crippen LogP) is 8.25. The van der Waals surface area contributed by atoms with E-state index in [9.17, 15) is 0 Å². The van der Waals surface area contributed by atoms with Gasteiger partial charge in [-0.1, -0.05) is 79.4 Å². The third kappa shape index (κ3) is 3.17. The van der Waals surface area contributed by atoms with Crippen molar-refractivity contribution >= 4 is 50.4 Å². The SMILES string of the molecule is C=C1c2ccccc2N2c3cnc(-c4ccccc4C)nc3N(C)C2C2C1c1ccc3c(oc4ccccc43)c1N1C=CN(C)C21. The molecule has 4 unspecified atom stereocenters. The zero-order chi connectivity index (χ0) is 30.8. The Morgan fingerprint density at radius 2 is 1.57 bits per heavy atom. The van der Waals surface area contributed by atoms with Crippen molar-refractivity contribution in [3.8, 4) is 11.4 Å². The molecule has 46 heavy (non-hydrogen) atoms. The van der Waals surface area contributed by atoms with Crippen LogP contribution in [0.25, 0.3) is 38.9 Å². The third-order valence-electron chi connectivity index (χ3n) is 10.7. The van der Waals surface area contributed by atoms with Crippen molar-refractivity contribution < 1.29 is 4.42 Å². The van der Waals surface area contributed by atoms with Crippen LogP contribution >= 0.6 is 0 Å². The van der Waals surface area contributed by atoms with Crippen molar-refractivity contribution in [1.29, 1.82) is 0 Å².